The van der Waals surface area contributed by atoms with Gasteiger partial charge in [0, 0.05) is 24.4 Å². The average Bonchev–Trinajstić information content (AvgIpc) is 3.35. The first-order chi connectivity index (χ1) is 16.2. The van der Waals surface area contributed by atoms with Gasteiger partial charge in [-0.1, -0.05) is 18.2 Å². The van der Waals surface area contributed by atoms with E-state index in [0.717, 1.165) is 4.90 Å². The Labute approximate surface area is 193 Å². The van der Waals surface area contributed by atoms with E-state index in [2.05, 4.69) is 4.99 Å². The third kappa shape index (κ3) is 3.47. The number of nitrogens with zero attached hydrogens (tertiary/aromatic N) is 4. The fourth-order valence-corrected chi connectivity index (χ4v) is 4.08. The summed E-state index contributed by atoms with van der Waals surface area (Å²) in [4.78, 5) is 30.8. The number of amides is 1. The molecule has 0 saturated carbocycles. The van der Waals surface area contributed by atoms with Gasteiger partial charge < -0.3 is 15.4 Å². The van der Waals surface area contributed by atoms with Crippen LogP contribution < -0.4 is 5.73 Å². The van der Waals surface area contributed by atoms with E-state index in [0.29, 0.717) is 11.1 Å². The van der Waals surface area contributed by atoms with Crippen LogP contribution in [0.15, 0.2) is 59.7 Å². The number of carbonyl (C=O) groups is 2. The molecule has 2 heterocycles. The number of aromatic nitrogens is 1. The number of aromatic carboxylic acids is 1. The average molecular weight is 463 g/mol. The quantitative estimate of drug-likeness (QED) is 0.582. The van der Waals surface area contributed by atoms with E-state index in [1.165, 1.54) is 42.1 Å². The SMILES string of the molecule is CN1C(=O)C(c2cccc(-c3cc(C#N)ccc3F)c2)(c2cc(C(=O)O)n(CCF)c2)N=C1N. The number of guanidine groups is 1. The van der Waals surface area contributed by atoms with Gasteiger partial charge in [-0.2, -0.15) is 5.26 Å². The molecule has 2 aromatic carbocycles. The largest absolute Gasteiger partial charge is 0.477 e. The van der Waals surface area contributed by atoms with Crippen molar-refractivity contribution >= 4 is 17.8 Å². The minimum atomic E-state index is -1.76. The first kappa shape index (κ1) is 22.7. The normalized spacial score (nSPS) is 17.5. The Bertz CT molecular complexity index is 1390. The number of carboxylic acid groups (broad SMARTS) is 1. The van der Waals surface area contributed by atoms with E-state index in [9.17, 15) is 28.7 Å². The standard InChI is InChI=1S/C24H19F2N5O3/c1-30-22(34)24(29-23(30)28,17-11-20(21(32)33)31(13-17)8-7-25)16-4-2-3-15(10-16)18-9-14(12-27)5-6-19(18)26/h2-6,9-11,13H,7-8H2,1H3,(H2,28,29)(H,32,33). The van der Waals surface area contributed by atoms with Crippen LogP contribution in [0.3, 0.4) is 0 Å². The summed E-state index contributed by atoms with van der Waals surface area (Å²) in [7, 11) is 1.43. The second-order valence-corrected chi connectivity index (χ2v) is 7.73. The van der Waals surface area contributed by atoms with Gasteiger partial charge in [0.15, 0.2) is 11.5 Å². The van der Waals surface area contributed by atoms with E-state index in [-0.39, 0.29) is 34.9 Å². The van der Waals surface area contributed by atoms with Crippen molar-refractivity contribution in [2.75, 3.05) is 13.7 Å². The molecule has 0 saturated heterocycles. The highest BCUT2D eigenvalue weighted by Crippen LogP contribution is 2.41. The number of hydrogen-bond acceptors (Lipinski definition) is 5. The Morgan fingerprint density at radius 2 is 2.00 bits per heavy atom. The zero-order valence-corrected chi connectivity index (χ0v) is 18.0. The van der Waals surface area contributed by atoms with E-state index >= 15 is 0 Å². The Hall–Kier alpha value is -4.52. The van der Waals surface area contributed by atoms with Crippen molar-refractivity contribution in [2.24, 2.45) is 10.7 Å². The molecule has 0 fully saturated rings. The summed E-state index contributed by atoms with van der Waals surface area (Å²) in [6.07, 6.45) is 1.36. The van der Waals surface area contributed by atoms with Gasteiger partial charge >= 0.3 is 5.97 Å². The van der Waals surface area contributed by atoms with E-state index < -0.39 is 29.9 Å². The van der Waals surface area contributed by atoms with Crippen LogP contribution >= 0.6 is 0 Å². The molecule has 34 heavy (non-hydrogen) atoms. The maximum absolute atomic E-state index is 14.6. The molecule has 172 valence electrons. The number of likely N-dealkylation sites (N-methyl/N-ethyl adjacent to an activating group) is 1. The molecule has 0 aliphatic carbocycles. The van der Waals surface area contributed by atoms with Crippen LogP contribution in [0.5, 0.6) is 0 Å². The highest BCUT2D eigenvalue weighted by atomic mass is 19.1. The van der Waals surface area contributed by atoms with E-state index in [4.69, 9.17) is 5.73 Å². The summed E-state index contributed by atoms with van der Waals surface area (Å²) in [6.45, 7) is -1.04. The molecule has 1 aromatic heterocycles. The summed E-state index contributed by atoms with van der Waals surface area (Å²) in [5.74, 6) is -2.51. The van der Waals surface area contributed by atoms with Crippen LogP contribution in [0, 0.1) is 17.1 Å². The summed E-state index contributed by atoms with van der Waals surface area (Å²) in [6, 6.07) is 13.5. The smallest absolute Gasteiger partial charge is 0.352 e. The second kappa shape index (κ2) is 8.44. The molecule has 3 aromatic rings. The summed E-state index contributed by atoms with van der Waals surface area (Å²) in [5.41, 5.74) is 5.26. The Balaban J connectivity index is 1.97. The van der Waals surface area contributed by atoms with Gasteiger partial charge in [-0.15, -0.1) is 0 Å². The highest BCUT2D eigenvalue weighted by Gasteiger charge is 2.50. The first-order valence-electron chi connectivity index (χ1n) is 10.2. The summed E-state index contributed by atoms with van der Waals surface area (Å²) < 4.78 is 28.9. The molecule has 1 unspecified atom stereocenters. The lowest BCUT2D eigenvalue weighted by atomic mass is 9.82. The monoisotopic (exact) mass is 463 g/mol. The second-order valence-electron chi connectivity index (χ2n) is 7.73. The van der Waals surface area contributed by atoms with Crippen molar-refractivity contribution in [2.45, 2.75) is 12.1 Å². The number of carbonyl (C=O) groups excluding carboxylic acids is 1. The van der Waals surface area contributed by atoms with Crippen LogP contribution in [0.1, 0.15) is 27.2 Å². The Morgan fingerprint density at radius 3 is 2.62 bits per heavy atom. The van der Waals surface area contributed by atoms with Crippen LogP contribution in [-0.2, 0) is 16.9 Å². The molecular weight excluding hydrogens is 444 g/mol. The van der Waals surface area contributed by atoms with Gasteiger partial charge in [0.2, 0.25) is 0 Å². The topological polar surface area (TPSA) is 125 Å². The van der Waals surface area contributed by atoms with E-state index in [1.54, 1.807) is 24.3 Å². The number of nitriles is 1. The number of aryl methyl sites for hydroxylation is 1. The van der Waals surface area contributed by atoms with Gasteiger partial charge in [-0.3, -0.25) is 9.69 Å². The van der Waals surface area contributed by atoms with Gasteiger partial charge in [-0.25, -0.2) is 18.6 Å². The minimum Gasteiger partial charge on any atom is -0.477 e. The molecule has 1 amide bonds. The molecular formula is C24H19F2N5O3. The number of alkyl halides is 1. The molecule has 1 atom stereocenters. The van der Waals surface area contributed by atoms with Crippen molar-refractivity contribution in [1.29, 1.82) is 5.26 Å². The zero-order valence-electron chi connectivity index (χ0n) is 18.0. The predicted molar refractivity (Wildman–Crippen MR) is 119 cm³/mol. The van der Waals surface area contributed by atoms with Crippen LogP contribution in [-0.4, -0.2) is 46.1 Å². The van der Waals surface area contributed by atoms with Crippen molar-refractivity contribution in [3.63, 3.8) is 0 Å². The summed E-state index contributed by atoms with van der Waals surface area (Å²) >= 11 is 0. The number of carboxylic acids is 1. The van der Waals surface area contributed by atoms with Crippen molar-refractivity contribution < 1.29 is 23.5 Å². The molecule has 10 heteroatoms. The van der Waals surface area contributed by atoms with Gasteiger partial charge in [0.05, 0.1) is 18.2 Å². The number of benzene rings is 2. The van der Waals surface area contributed by atoms with Crippen molar-refractivity contribution in [3.05, 3.63) is 82.9 Å². The van der Waals surface area contributed by atoms with Crippen LogP contribution in [0.2, 0.25) is 0 Å². The Morgan fingerprint density at radius 1 is 1.24 bits per heavy atom. The number of halogens is 2. The zero-order chi connectivity index (χ0) is 24.6. The third-order valence-electron chi connectivity index (χ3n) is 5.79. The minimum absolute atomic E-state index is 0.0943. The third-order valence-corrected chi connectivity index (χ3v) is 5.79. The molecule has 1 aliphatic heterocycles. The fraction of sp³-hybridized carbons (Fsp3) is 0.167. The summed E-state index contributed by atoms with van der Waals surface area (Å²) in [5, 5.41) is 18.8. The number of hydrogen-bond donors (Lipinski definition) is 2. The predicted octanol–water partition coefficient (Wildman–Crippen LogP) is 2.86. The number of aliphatic imine (C=N–C) groups is 1. The number of nitrogens with two attached hydrogens (primary N) is 1. The van der Waals surface area contributed by atoms with Gasteiger partial charge in [0.25, 0.3) is 5.91 Å². The highest BCUT2D eigenvalue weighted by molar-refractivity contribution is 6.09. The lowest BCUT2D eigenvalue weighted by Crippen LogP contribution is -2.41. The van der Waals surface area contributed by atoms with Crippen LogP contribution in [0.4, 0.5) is 8.78 Å². The molecule has 3 N–H and O–H groups in total. The Kier molecular flexibility index (Phi) is 5.63. The fourth-order valence-electron chi connectivity index (χ4n) is 4.08. The van der Waals surface area contributed by atoms with Crippen molar-refractivity contribution in [3.8, 4) is 17.2 Å². The van der Waals surface area contributed by atoms with Crippen LogP contribution in [0.25, 0.3) is 11.1 Å². The molecule has 8 nitrogen and oxygen atoms in total. The maximum atomic E-state index is 14.6. The lowest BCUT2D eigenvalue weighted by Gasteiger charge is -2.25. The van der Waals surface area contributed by atoms with Gasteiger partial charge in [-0.05, 0) is 41.5 Å². The van der Waals surface area contributed by atoms with Crippen molar-refractivity contribution in [1.82, 2.24) is 9.47 Å². The van der Waals surface area contributed by atoms with E-state index in [1.807, 2.05) is 6.07 Å². The first-order valence-corrected chi connectivity index (χ1v) is 10.2. The molecule has 0 radical (unpaired) electrons. The molecule has 1 aliphatic rings. The number of rotatable bonds is 6. The lowest BCUT2D eigenvalue weighted by molar-refractivity contribution is -0.129. The molecule has 0 spiro atoms. The molecule has 0 bridgehead atoms. The molecule has 4 rings (SSSR count). The van der Waals surface area contributed by atoms with Gasteiger partial charge in [0.1, 0.15) is 18.2 Å². The maximum Gasteiger partial charge on any atom is 0.352 e.